The van der Waals surface area contributed by atoms with Crippen LogP contribution in [0.4, 0.5) is 13.2 Å². The predicted octanol–water partition coefficient (Wildman–Crippen LogP) is 5.10. The lowest BCUT2D eigenvalue weighted by Gasteiger charge is -2.08. The summed E-state index contributed by atoms with van der Waals surface area (Å²) in [5.41, 5.74) is 0.0120. The molecule has 2 heterocycles. The number of alkyl halides is 3. The van der Waals surface area contributed by atoms with E-state index in [0.717, 1.165) is 16.7 Å². The fraction of sp³-hybridized carbons (Fsp3) is 0.143. The number of pyridine rings is 1. The number of ether oxygens (including phenoxy) is 1. The molecule has 0 aliphatic rings. The molecule has 0 saturated heterocycles. The molecule has 0 spiro atoms. The van der Waals surface area contributed by atoms with E-state index in [1.165, 1.54) is 6.07 Å². The number of rotatable bonds is 2. The van der Waals surface area contributed by atoms with Gasteiger partial charge in [0.15, 0.2) is 17.2 Å². The molecule has 4 nitrogen and oxygen atoms in total. The van der Waals surface area contributed by atoms with Crippen LogP contribution < -0.4 is 4.74 Å². The van der Waals surface area contributed by atoms with Gasteiger partial charge in [0.05, 0.1) is 6.20 Å². The van der Waals surface area contributed by atoms with Crippen LogP contribution in [0.25, 0.3) is 11.1 Å². The number of aryl methyl sites for hydroxylation is 1. The zero-order chi connectivity index (χ0) is 15.9. The Morgan fingerprint density at radius 3 is 2.59 bits per heavy atom. The van der Waals surface area contributed by atoms with Gasteiger partial charge in [-0.15, -0.1) is 0 Å². The van der Waals surface area contributed by atoms with Crippen molar-refractivity contribution in [3.63, 3.8) is 0 Å². The van der Waals surface area contributed by atoms with Gasteiger partial charge in [0, 0.05) is 11.4 Å². The number of hydrogen-bond acceptors (Lipinski definition) is 4. The van der Waals surface area contributed by atoms with Crippen molar-refractivity contribution < 1.29 is 22.3 Å². The number of fused-ring (bicyclic) bond motifs is 1. The Balaban J connectivity index is 1.95. The Morgan fingerprint density at radius 1 is 1.18 bits per heavy atom. The van der Waals surface area contributed by atoms with Crippen molar-refractivity contribution in [2.75, 3.05) is 0 Å². The van der Waals surface area contributed by atoms with Gasteiger partial charge < -0.3 is 9.15 Å². The second kappa shape index (κ2) is 5.28. The van der Waals surface area contributed by atoms with E-state index in [-0.39, 0.29) is 5.75 Å². The van der Waals surface area contributed by atoms with Gasteiger partial charge in [0.1, 0.15) is 17.0 Å². The van der Waals surface area contributed by atoms with Gasteiger partial charge in [-0.1, -0.05) is 0 Å². The molecule has 114 valence electrons. The Labute approximate surface area is 131 Å². The second-order valence-corrected chi connectivity index (χ2v) is 5.29. The Kier molecular flexibility index (Phi) is 3.56. The highest BCUT2D eigenvalue weighted by molar-refractivity contribution is 9.10. The summed E-state index contributed by atoms with van der Waals surface area (Å²) in [5.74, 6) is 0.975. The first-order valence-corrected chi connectivity index (χ1v) is 6.90. The summed E-state index contributed by atoms with van der Waals surface area (Å²) in [6, 6.07) is 5.41. The van der Waals surface area contributed by atoms with Gasteiger partial charge in [0.25, 0.3) is 0 Å². The maximum absolute atomic E-state index is 12.5. The molecular weight excluding hydrogens is 365 g/mol. The van der Waals surface area contributed by atoms with Crippen LogP contribution in [0.5, 0.6) is 11.5 Å². The molecule has 0 saturated carbocycles. The van der Waals surface area contributed by atoms with Crippen molar-refractivity contribution in [3.8, 4) is 11.5 Å². The van der Waals surface area contributed by atoms with Crippen molar-refractivity contribution in [2.24, 2.45) is 0 Å². The number of benzene rings is 1. The van der Waals surface area contributed by atoms with E-state index in [1.54, 1.807) is 19.1 Å². The van der Waals surface area contributed by atoms with E-state index in [1.807, 2.05) is 0 Å². The minimum absolute atomic E-state index is 0.172. The average molecular weight is 373 g/mol. The van der Waals surface area contributed by atoms with Gasteiger partial charge in [-0.3, -0.25) is 0 Å². The van der Waals surface area contributed by atoms with Crippen molar-refractivity contribution in [2.45, 2.75) is 13.1 Å². The van der Waals surface area contributed by atoms with Crippen LogP contribution >= 0.6 is 15.9 Å². The molecule has 3 rings (SSSR count). The first-order valence-electron chi connectivity index (χ1n) is 6.11. The third kappa shape index (κ3) is 2.78. The highest BCUT2D eigenvalue weighted by Gasteiger charge is 2.32. The normalized spacial score (nSPS) is 11.9. The van der Waals surface area contributed by atoms with E-state index in [0.29, 0.717) is 22.7 Å². The third-order valence-corrected chi connectivity index (χ3v) is 3.46. The predicted molar refractivity (Wildman–Crippen MR) is 75.8 cm³/mol. The summed E-state index contributed by atoms with van der Waals surface area (Å²) in [5, 5.41) is 0. The maximum atomic E-state index is 12.5. The summed E-state index contributed by atoms with van der Waals surface area (Å²) in [6.45, 7) is 1.69. The number of aromatic nitrogens is 2. The SMILES string of the molecule is Cc1nc2c(Br)ccc(Oc3ccc(C(F)(F)F)nc3)c2o1. The maximum Gasteiger partial charge on any atom is 0.433 e. The fourth-order valence-corrected chi connectivity index (χ4v) is 2.28. The molecule has 0 radical (unpaired) electrons. The van der Waals surface area contributed by atoms with Gasteiger partial charge in [-0.05, 0) is 40.2 Å². The second-order valence-electron chi connectivity index (χ2n) is 4.44. The Hall–Kier alpha value is -2.09. The minimum Gasteiger partial charge on any atom is -0.452 e. The monoisotopic (exact) mass is 372 g/mol. The number of halogens is 4. The molecule has 0 bridgehead atoms. The van der Waals surface area contributed by atoms with Gasteiger partial charge in [-0.2, -0.15) is 13.2 Å². The van der Waals surface area contributed by atoms with Crippen LogP contribution in [-0.4, -0.2) is 9.97 Å². The molecule has 0 amide bonds. The van der Waals surface area contributed by atoms with Crippen LogP contribution in [0.1, 0.15) is 11.6 Å². The smallest absolute Gasteiger partial charge is 0.433 e. The summed E-state index contributed by atoms with van der Waals surface area (Å²) < 4.78 is 49.2. The molecule has 0 aliphatic carbocycles. The van der Waals surface area contributed by atoms with Gasteiger partial charge >= 0.3 is 6.18 Å². The highest BCUT2D eigenvalue weighted by Crippen LogP contribution is 2.35. The summed E-state index contributed by atoms with van der Waals surface area (Å²) in [6.07, 6.45) is -3.47. The molecule has 2 aromatic heterocycles. The van der Waals surface area contributed by atoms with Crippen molar-refractivity contribution >= 4 is 27.0 Å². The Morgan fingerprint density at radius 2 is 1.95 bits per heavy atom. The lowest BCUT2D eigenvalue weighted by Crippen LogP contribution is -2.07. The van der Waals surface area contributed by atoms with Crippen LogP contribution in [0.3, 0.4) is 0 Å². The van der Waals surface area contributed by atoms with Gasteiger partial charge in [-0.25, -0.2) is 9.97 Å². The zero-order valence-corrected chi connectivity index (χ0v) is 12.7. The van der Waals surface area contributed by atoms with E-state index < -0.39 is 11.9 Å². The summed E-state index contributed by atoms with van der Waals surface area (Å²) in [4.78, 5) is 7.55. The fourth-order valence-electron chi connectivity index (χ4n) is 1.88. The van der Waals surface area contributed by atoms with E-state index in [9.17, 15) is 13.2 Å². The van der Waals surface area contributed by atoms with Crippen LogP contribution in [-0.2, 0) is 6.18 Å². The largest absolute Gasteiger partial charge is 0.452 e. The number of nitrogens with zero attached hydrogens (tertiary/aromatic N) is 2. The quantitative estimate of drug-likeness (QED) is 0.627. The Bertz CT molecular complexity index is 828. The minimum atomic E-state index is -4.48. The first-order chi connectivity index (χ1) is 10.3. The lowest BCUT2D eigenvalue weighted by atomic mass is 10.3. The molecule has 1 aromatic carbocycles. The van der Waals surface area contributed by atoms with Crippen molar-refractivity contribution in [1.82, 2.24) is 9.97 Å². The highest BCUT2D eigenvalue weighted by atomic mass is 79.9. The van der Waals surface area contributed by atoms with E-state index in [2.05, 4.69) is 25.9 Å². The molecule has 0 unspecified atom stereocenters. The topological polar surface area (TPSA) is 48.2 Å². The number of oxazole rings is 1. The van der Waals surface area contributed by atoms with Gasteiger partial charge in [0.2, 0.25) is 0 Å². The average Bonchev–Trinajstić information content (AvgIpc) is 2.84. The molecule has 8 heteroatoms. The number of hydrogen-bond donors (Lipinski definition) is 0. The van der Waals surface area contributed by atoms with Crippen LogP contribution in [0.2, 0.25) is 0 Å². The summed E-state index contributed by atoms with van der Waals surface area (Å²) >= 11 is 3.35. The molecule has 3 aromatic rings. The van der Waals surface area contributed by atoms with Crippen LogP contribution in [0.15, 0.2) is 39.4 Å². The molecule has 0 atom stereocenters. The molecular formula is C14H8BrF3N2O2. The zero-order valence-electron chi connectivity index (χ0n) is 11.1. The summed E-state index contributed by atoms with van der Waals surface area (Å²) in [7, 11) is 0. The van der Waals surface area contributed by atoms with Crippen molar-refractivity contribution in [1.29, 1.82) is 0 Å². The molecule has 0 fully saturated rings. The van der Waals surface area contributed by atoms with Crippen molar-refractivity contribution in [3.05, 3.63) is 46.5 Å². The first kappa shape index (κ1) is 14.8. The standard InChI is InChI=1S/C14H8BrF3N2O2/c1-7-20-12-9(15)3-4-10(13(12)21-7)22-8-2-5-11(19-6-8)14(16,17)18/h2-6H,1H3. The third-order valence-electron chi connectivity index (χ3n) is 2.82. The van der Waals surface area contributed by atoms with E-state index in [4.69, 9.17) is 9.15 Å². The lowest BCUT2D eigenvalue weighted by molar-refractivity contribution is -0.141. The van der Waals surface area contributed by atoms with E-state index >= 15 is 0 Å². The molecule has 0 aliphatic heterocycles. The van der Waals surface area contributed by atoms with Crippen LogP contribution in [0, 0.1) is 6.92 Å². The molecule has 22 heavy (non-hydrogen) atoms. The molecule has 0 N–H and O–H groups in total.